The van der Waals surface area contributed by atoms with E-state index in [1.54, 1.807) is 0 Å². The summed E-state index contributed by atoms with van der Waals surface area (Å²) in [5.41, 5.74) is 2.20. The fraction of sp³-hybridized carbons (Fsp3) is 0.440. The summed E-state index contributed by atoms with van der Waals surface area (Å²) in [4.78, 5) is 27.8. The van der Waals surface area contributed by atoms with Gasteiger partial charge in [0.05, 0.1) is 5.92 Å². The highest BCUT2D eigenvalue weighted by Crippen LogP contribution is 2.30. The molecule has 2 atom stereocenters. The van der Waals surface area contributed by atoms with Crippen LogP contribution < -0.4 is 5.32 Å². The van der Waals surface area contributed by atoms with Crippen LogP contribution in [0.2, 0.25) is 0 Å². The molecular weight excluding hydrogens is 360 g/mol. The van der Waals surface area contributed by atoms with E-state index in [1.807, 2.05) is 53.4 Å². The van der Waals surface area contributed by atoms with Crippen molar-refractivity contribution in [2.24, 2.45) is 11.8 Å². The predicted molar refractivity (Wildman–Crippen MR) is 116 cm³/mol. The molecule has 0 bridgehead atoms. The van der Waals surface area contributed by atoms with Crippen molar-refractivity contribution in [2.75, 3.05) is 13.1 Å². The third kappa shape index (κ3) is 5.47. The first kappa shape index (κ1) is 21.1. The highest BCUT2D eigenvalue weighted by Gasteiger charge is 2.33. The van der Waals surface area contributed by atoms with Gasteiger partial charge in [-0.3, -0.25) is 9.59 Å². The van der Waals surface area contributed by atoms with E-state index in [0.29, 0.717) is 19.6 Å². The maximum absolute atomic E-state index is 13.3. The number of likely N-dealkylation sites (tertiary alicyclic amines) is 1. The van der Waals surface area contributed by atoms with Crippen LogP contribution in [0.4, 0.5) is 0 Å². The van der Waals surface area contributed by atoms with Crippen molar-refractivity contribution < 1.29 is 9.59 Å². The number of piperidine rings is 1. The number of nitrogens with one attached hydrogen (secondary N) is 1. The molecule has 1 saturated heterocycles. The van der Waals surface area contributed by atoms with Crippen LogP contribution in [0.25, 0.3) is 0 Å². The van der Waals surface area contributed by atoms with E-state index in [2.05, 4.69) is 31.3 Å². The monoisotopic (exact) mass is 392 g/mol. The van der Waals surface area contributed by atoms with E-state index in [9.17, 15) is 9.59 Å². The van der Waals surface area contributed by atoms with Gasteiger partial charge in [-0.25, -0.2) is 0 Å². The number of carbonyl (C=O) groups is 2. The molecule has 2 amide bonds. The van der Waals surface area contributed by atoms with E-state index in [1.165, 1.54) is 0 Å². The molecule has 154 valence electrons. The summed E-state index contributed by atoms with van der Waals surface area (Å²) < 4.78 is 0. The smallest absolute Gasteiger partial charge is 0.230 e. The van der Waals surface area contributed by atoms with Crippen LogP contribution in [-0.2, 0) is 16.1 Å². The molecular formula is C25H32N2O2. The van der Waals surface area contributed by atoms with Crippen LogP contribution in [0.3, 0.4) is 0 Å². The molecule has 1 fully saturated rings. The molecule has 4 nitrogen and oxygen atoms in total. The van der Waals surface area contributed by atoms with Crippen molar-refractivity contribution >= 4 is 11.8 Å². The number of hydrogen-bond donors (Lipinski definition) is 1. The van der Waals surface area contributed by atoms with Crippen LogP contribution >= 0.6 is 0 Å². The molecule has 0 saturated carbocycles. The summed E-state index contributed by atoms with van der Waals surface area (Å²) in [6.45, 7) is 6.16. The quantitative estimate of drug-likeness (QED) is 0.761. The summed E-state index contributed by atoms with van der Waals surface area (Å²) in [5.74, 6) is 0.471. The maximum atomic E-state index is 13.3. The van der Waals surface area contributed by atoms with Gasteiger partial charge in [-0.05, 0) is 29.9 Å². The Morgan fingerprint density at radius 2 is 1.59 bits per heavy atom. The summed E-state index contributed by atoms with van der Waals surface area (Å²) in [6.07, 6.45) is 2.42. The highest BCUT2D eigenvalue weighted by molar-refractivity contribution is 5.85. The van der Waals surface area contributed by atoms with Gasteiger partial charge in [0.2, 0.25) is 11.8 Å². The van der Waals surface area contributed by atoms with E-state index in [-0.39, 0.29) is 29.6 Å². The number of benzene rings is 2. The normalized spacial score (nSPS) is 16.8. The topological polar surface area (TPSA) is 49.4 Å². The zero-order chi connectivity index (χ0) is 20.6. The number of nitrogens with zero attached hydrogens (tertiary/aromatic N) is 1. The van der Waals surface area contributed by atoms with Gasteiger partial charge in [0.25, 0.3) is 0 Å². The first-order valence-electron chi connectivity index (χ1n) is 10.8. The molecule has 0 radical (unpaired) electrons. The number of rotatable bonds is 7. The van der Waals surface area contributed by atoms with Gasteiger partial charge in [0.1, 0.15) is 0 Å². The summed E-state index contributed by atoms with van der Waals surface area (Å²) >= 11 is 0. The Bertz CT molecular complexity index is 783. The first-order chi connectivity index (χ1) is 14.1. The van der Waals surface area contributed by atoms with Crippen molar-refractivity contribution in [1.82, 2.24) is 10.2 Å². The zero-order valence-electron chi connectivity index (χ0n) is 17.5. The molecule has 0 spiro atoms. The van der Waals surface area contributed by atoms with Gasteiger partial charge in [-0.2, -0.15) is 0 Å². The van der Waals surface area contributed by atoms with Crippen LogP contribution in [0.1, 0.15) is 50.2 Å². The van der Waals surface area contributed by atoms with Gasteiger partial charge in [0.15, 0.2) is 0 Å². The van der Waals surface area contributed by atoms with Crippen molar-refractivity contribution in [3.05, 3.63) is 71.8 Å². The fourth-order valence-corrected chi connectivity index (χ4v) is 4.10. The lowest BCUT2D eigenvalue weighted by Crippen LogP contribution is -2.45. The van der Waals surface area contributed by atoms with Crippen LogP contribution in [0, 0.1) is 11.8 Å². The third-order valence-corrected chi connectivity index (χ3v) is 6.12. The van der Waals surface area contributed by atoms with Crippen LogP contribution in [0.15, 0.2) is 60.7 Å². The standard InChI is InChI=1S/C25H32N2O2/c1-3-19(2)23(21-12-8-5-9-13-21)25(29)27-16-14-22(15-17-27)24(28)26-18-20-10-6-4-7-11-20/h4-13,19,22-23H,3,14-18H2,1-2H3,(H,26,28). The second kappa shape index (κ2) is 10.2. The molecule has 0 aromatic heterocycles. The highest BCUT2D eigenvalue weighted by atomic mass is 16.2. The molecule has 29 heavy (non-hydrogen) atoms. The van der Waals surface area contributed by atoms with Gasteiger partial charge >= 0.3 is 0 Å². The number of amides is 2. The minimum absolute atomic E-state index is 0.0125. The number of hydrogen-bond acceptors (Lipinski definition) is 2. The molecule has 2 unspecified atom stereocenters. The lowest BCUT2D eigenvalue weighted by atomic mass is 9.83. The van der Waals surface area contributed by atoms with Gasteiger partial charge in [-0.15, -0.1) is 0 Å². The first-order valence-corrected chi connectivity index (χ1v) is 10.8. The van der Waals surface area contributed by atoms with Crippen molar-refractivity contribution in [2.45, 2.75) is 45.6 Å². The molecule has 4 heteroatoms. The molecule has 0 aliphatic carbocycles. The molecule has 3 rings (SSSR count). The summed E-state index contributed by atoms with van der Waals surface area (Å²) in [6, 6.07) is 20.1. The van der Waals surface area contributed by atoms with Crippen LogP contribution in [0.5, 0.6) is 0 Å². The summed E-state index contributed by atoms with van der Waals surface area (Å²) in [7, 11) is 0. The largest absolute Gasteiger partial charge is 0.352 e. The number of carbonyl (C=O) groups excluding carboxylic acids is 2. The second-order valence-corrected chi connectivity index (χ2v) is 8.08. The summed E-state index contributed by atoms with van der Waals surface area (Å²) in [5, 5.41) is 3.05. The predicted octanol–water partition coefficient (Wildman–Crippen LogP) is 4.37. The van der Waals surface area contributed by atoms with Crippen LogP contribution in [-0.4, -0.2) is 29.8 Å². The van der Waals surface area contributed by atoms with Gasteiger partial charge < -0.3 is 10.2 Å². The molecule has 1 aliphatic rings. The lowest BCUT2D eigenvalue weighted by molar-refractivity contribution is -0.138. The van der Waals surface area contributed by atoms with Gasteiger partial charge in [0, 0.05) is 25.6 Å². The van der Waals surface area contributed by atoms with E-state index in [4.69, 9.17) is 0 Å². The fourth-order valence-electron chi connectivity index (χ4n) is 4.10. The Labute approximate surface area is 174 Å². The molecule has 1 heterocycles. The van der Waals surface area contributed by atoms with E-state index < -0.39 is 0 Å². The molecule has 1 N–H and O–H groups in total. The molecule has 2 aromatic carbocycles. The van der Waals surface area contributed by atoms with Crippen molar-refractivity contribution in [3.8, 4) is 0 Å². The molecule has 2 aromatic rings. The minimum Gasteiger partial charge on any atom is -0.352 e. The Hall–Kier alpha value is -2.62. The van der Waals surface area contributed by atoms with Gasteiger partial charge in [-0.1, -0.05) is 80.9 Å². The minimum atomic E-state index is -0.107. The van der Waals surface area contributed by atoms with Crippen molar-refractivity contribution in [1.29, 1.82) is 0 Å². The Balaban J connectivity index is 1.56. The zero-order valence-corrected chi connectivity index (χ0v) is 17.5. The Morgan fingerprint density at radius 1 is 1.00 bits per heavy atom. The van der Waals surface area contributed by atoms with E-state index >= 15 is 0 Å². The second-order valence-electron chi connectivity index (χ2n) is 8.08. The Kier molecular flexibility index (Phi) is 7.45. The third-order valence-electron chi connectivity index (χ3n) is 6.12. The maximum Gasteiger partial charge on any atom is 0.230 e. The Morgan fingerprint density at radius 3 is 2.17 bits per heavy atom. The average Bonchev–Trinajstić information content (AvgIpc) is 2.79. The lowest BCUT2D eigenvalue weighted by Gasteiger charge is -2.35. The van der Waals surface area contributed by atoms with Crippen molar-refractivity contribution in [3.63, 3.8) is 0 Å². The average molecular weight is 393 g/mol. The molecule has 1 aliphatic heterocycles. The van der Waals surface area contributed by atoms with E-state index in [0.717, 1.165) is 30.4 Å². The SMILES string of the molecule is CCC(C)C(C(=O)N1CCC(C(=O)NCc2ccccc2)CC1)c1ccccc1.